The first-order valence-electron chi connectivity index (χ1n) is 6.70. The number of hydrogen-bond donors (Lipinski definition) is 2. The molecule has 0 unspecified atom stereocenters. The minimum atomic E-state index is -3.55. The highest BCUT2D eigenvalue weighted by molar-refractivity contribution is 7.89. The molecular weight excluding hydrogens is 288 g/mol. The van der Waals surface area contributed by atoms with Crippen LogP contribution in [0.15, 0.2) is 23.1 Å². The van der Waals surface area contributed by atoms with Crippen LogP contribution in [0.4, 0.5) is 5.69 Å². The van der Waals surface area contributed by atoms with Crippen molar-refractivity contribution in [1.29, 1.82) is 0 Å². The minimum Gasteiger partial charge on any atom is -0.398 e. The lowest BCUT2D eigenvalue weighted by molar-refractivity contribution is 0.588. The van der Waals surface area contributed by atoms with Crippen LogP contribution >= 0.6 is 0 Å². The van der Waals surface area contributed by atoms with Gasteiger partial charge >= 0.3 is 0 Å². The SMILES string of the molecule is CCc1c(C)nn(-c2ccc(S(=O)(=O)NC)c(N)c2)c1C. The fourth-order valence-electron chi connectivity index (χ4n) is 2.46. The van der Waals surface area contributed by atoms with Crippen molar-refractivity contribution in [2.75, 3.05) is 12.8 Å². The molecule has 0 aliphatic heterocycles. The van der Waals surface area contributed by atoms with Crippen LogP contribution in [0.3, 0.4) is 0 Å². The number of aromatic nitrogens is 2. The summed E-state index contributed by atoms with van der Waals surface area (Å²) in [6.07, 6.45) is 0.902. The molecule has 0 aliphatic rings. The monoisotopic (exact) mass is 308 g/mol. The van der Waals surface area contributed by atoms with Gasteiger partial charge in [0.1, 0.15) is 4.90 Å². The van der Waals surface area contributed by atoms with Gasteiger partial charge in [-0.05, 0) is 51.1 Å². The molecule has 0 aliphatic carbocycles. The van der Waals surface area contributed by atoms with Crippen LogP contribution in [-0.2, 0) is 16.4 Å². The molecule has 0 bridgehead atoms. The Balaban J connectivity index is 2.56. The van der Waals surface area contributed by atoms with Gasteiger partial charge in [0, 0.05) is 5.69 Å². The van der Waals surface area contributed by atoms with Gasteiger partial charge in [-0.2, -0.15) is 5.10 Å². The molecule has 0 atom stereocenters. The normalized spacial score (nSPS) is 11.8. The van der Waals surface area contributed by atoms with Crippen molar-refractivity contribution in [3.63, 3.8) is 0 Å². The summed E-state index contributed by atoms with van der Waals surface area (Å²) < 4.78 is 27.7. The van der Waals surface area contributed by atoms with Gasteiger partial charge < -0.3 is 5.73 Å². The quantitative estimate of drug-likeness (QED) is 0.838. The topological polar surface area (TPSA) is 90.0 Å². The molecule has 2 aromatic rings. The molecule has 0 saturated heterocycles. The number of nitrogens with two attached hydrogens (primary N) is 1. The van der Waals surface area contributed by atoms with Gasteiger partial charge in [0.15, 0.2) is 0 Å². The Hall–Kier alpha value is -1.86. The summed E-state index contributed by atoms with van der Waals surface area (Å²) in [5.74, 6) is 0. The van der Waals surface area contributed by atoms with Crippen molar-refractivity contribution in [1.82, 2.24) is 14.5 Å². The first-order chi connectivity index (χ1) is 9.81. The van der Waals surface area contributed by atoms with Crippen LogP contribution < -0.4 is 10.5 Å². The zero-order valence-corrected chi connectivity index (χ0v) is 13.5. The molecule has 114 valence electrons. The van der Waals surface area contributed by atoms with Gasteiger partial charge in [0.25, 0.3) is 0 Å². The lowest BCUT2D eigenvalue weighted by Crippen LogP contribution is -2.20. The van der Waals surface area contributed by atoms with Crippen molar-refractivity contribution in [3.05, 3.63) is 35.2 Å². The highest BCUT2D eigenvalue weighted by atomic mass is 32.2. The maximum Gasteiger partial charge on any atom is 0.242 e. The van der Waals surface area contributed by atoms with Crippen molar-refractivity contribution in [2.24, 2.45) is 0 Å². The van der Waals surface area contributed by atoms with E-state index >= 15 is 0 Å². The molecule has 0 fully saturated rings. The summed E-state index contributed by atoms with van der Waals surface area (Å²) in [5, 5.41) is 4.50. The number of rotatable bonds is 4. The van der Waals surface area contributed by atoms with E-state index in [0.29, 0.717) is 0 Å². The van der Waals surface area contributed by atoms with E-state index in [4.69, 9.17) is 5.73 Å². The number of sulfonamides is 1. The number of aryl methyl sites for hydroxylation is 1. The van der Waals surface area contributed by atoms with Crippen molar-refractivity contribution in [3.8, 4) is 5.69 Å². The fourth-order valence-corrected chi connectivity index (χ4v) is 3.30. The summed E-state index contributed by atoms with van der Waals surface area (Å²) in [6, 6.07) is 4.83. The second-order valence-electron chi connectivity index (χ2n) is 4.84. The molecule has 21 heavy (non-hydrogen) atoms. The van der Waals surface area contributed by atoms with E-state index in [1.165, 1.54) is 18.7 Å². The summed E-state index contributed by atoms with van der Waals surface area (Å²) in [6.45, 7) is 6.04. The third kappa shape index (κ3) is 2.66. The minimum absolute atomic E-state index is 0.0750. The van der Waals surface area contributed by atoms with Gasteiger partial charge in [-0.15, -0.1) is 0 Å². The largest absolute Gasteiger partial charge is 0.398 e. The van der Waals surface area contributed by atoms with E-state index in [9.17, 15) is 8.42 Å². The van der Waals surface area contributed by atoms with Gasteiger partial charge in [0.2, 0.25) is 10.0 Å². The lowest BCUT2D eigenvalue weighted by Gasteiger charge is -2.10. The van der Waals surface area contributed by atoms with E-state index in [0.717, 1.165) is 23.5 Å². The smallest absolute Gasteiger partial charge is 0.242 e. The molecule has 2 rings (SSSR count). The molecule has 1 heterocycles. The van der Waals surface area contributed by atoms with Crippen LogP contribution in [0.25, 0.3) is 5.69 Å². The highest BCUT2D eigenvalue weighted by Gasteiger charge is 2.17. The van der Waals surface area contributed by atoms with Crippen LogP contribution in [-0.4, -0.2) is 25.2 Å². The lowest BCUT2D eigenvalue weighted by atomic mass is 10.1. The van der Waals surface area contributed by atoms with Crippen LogP contribution in [0, 0.1) is 13.8 Å². The maximum absolute atomic E-state index is 11.8. The number of hydrogen-bond acceptors (Lipinski definition) is 4. The fraction of sp³-hybridized carbons (Fsp3) is 0.357. The second kappa shape index (κ2) is 5.50. The number of anilines is 1. The van der Waals surface area contributed by atoms with E-state index in [1.807, 2.05) is 13.8 Å². The van der Waals surface area contributed by atoms with Gasteiger partial charge in [-0.25, -0.2) is 17.8 Å². The van der Waals surface area contributed by atoms with Crippen molar-refractivity contribution in [2.45, 2.75) is 32.1 Å². The Kier molecular flexibility index (Phi) is 4.06. The Bertz CT molecular complexity index is 779. The first-order valence-corrected chi connectivity index (χ1v) is 8.18. The Labute approximate surface area is 125 Å². The predicted octanol–water partition coefficient (Wildman–Crippen LogP) is 1.54. The van der Waals surface area contributed by atoms with Crippen LogP contribution in [0.2, 0.25) is 0 Å². The molecule has 7 heteroatoms. The third-order valence-electron chi connectivity index (χ3n) is 3.59. The average molecular weight is 308 g/mol. The highest BCUT2D eigenvalue weighted by Crippen LogP contribution is 2.24. The van der Waals surface area contributed by atoms with Crippen LogP contribution in [0.1, 0.15) is 23.9 Å². The molecular formula is C14H20N4O2S. The van der Waals surface area contributed by atoms with E-state index in [2.05, 4.69) is 16.7 Å². The first kappa shape index (κ1) is 15.5. The third-order valence-corrected chi connectivity index (χ3v) is 5.08. The molecule has 1 aromatic carbocycles. The van der Waals surface area contributed by atoms with Gasteiger partial charge in [-0.1, -0.05) is 6.92 Å². The molecule has 3 N–H and O–H groups in total. The van der Waals surface area contributed by atoms with E-state index < -0.39 is 10.0 Å². The number of nitrogens with zero attached hydrogens (tertiary/aromatic N) is 2. The number of benzene rings is 1. The molecule has 0 amide bonds. The molecule has 0 spiro atoms. The Morgan fingerprint density at radius 2 is 2.00 bits per heavy atom. The van der Waals surface area contributed by atoms with E-state index in [-0.39, 0.29) is 10.6 Å². The Morgan fingerprint density at radius 1 is 1.33 bits per heavy atom. The summed E-state index contributed by atoms with van der Waals surface area (Å²) in [7, 11) is -2.19. The summed E-state index contributed by atoms with van der Waals surface area (Å²) in [4.78, 5) is 0.0750. The van der Waals surface area contributed by atoms with E-state index in [1.54, 1.807) is 16.8 Å². The Morgan fingerprint density at radius 3 is 2.48 bits per heavy atom. The number of nitrogens with one attached hydrogen (secondary N) is 1. The average Bonchev–Trinajstić information content (AvgIpc) is 2.73. The zero-order valence-electron chi connectivity index (χ0n) is 12.6. The molecule has 6 nitrogen and oxygen atoms in total. The maximum atomic E-state index is 11.8. The predicted molar refractivity (Wildman–Crippen MR) is 83.1 cm³/mol. The molecule has 0 radical (unpaired) electrons. The molecule has 0 saturated carbocycles. The number of nitrogen functional groups attached to an aromatic ring is 1. The second-order valence-corrected chi connectivity index (χ2v) is 6.70. The van der Waals surface area contributed by atoms with Crippen LogP contribution in [0.5, 0.6) is 0 Å². The summed E-state index contributed by atoms with van der Waals surface area (Å²) in [5.41, 5.74) is 10.0. The molecule has 1 aromatic heterocycles. The van der Waals surface area contributed by atoms with Gasteiger partial charge in [0.05, 0.1) is 17.1 Å². The van der Waals surface area contributed by atoms with Crippen molar-refractivity contribution >= 4 is 15.7 Å². The standard InChI is InChI=1S/C14H20N4O2S/c1-5-12-9(2)17-18(10(12)3)11-6-7-14(13(15)8-11)21(19,20)16-4/h6-8,16H,5,15H2,1-4H3. The zero-order chi connectivity index (χ0) is 15.8. The van der Waals surface area contributed by atoms with Crippen molar-refractivity contribution < 1.29 is 8.42 Å². The van der Waals surface area contributed by atoms with Gasteiger partial charge in [-0.3, -0.25) is 0 Å². The summed E-state index contributed by atoms with van der Waals surface area (Å²) >= 11 is 0.